The molecule has 1 N–H and O–H groups in total. The van der Waals surface area contributed by atoms with Crippen LogP contribution in [0.25, 0.3) is 0 Å². The maximum absolute atomic E-state index is 12.0. The van der Waals surface area contributed by atoms with Gasteiger partial charge in [0.15, 0.2) is 6.29 Å². The summed E-state index contributed by atoms with van der Waals surface area (Å²) < 4.78 is 10.5. The lowest BCUT2D eigenvalue weighted by molar-refractivity contribution is -0.134. The monoisotopic (exact) mass is 361 g/mol. The molecule has 26 heavy (non-hydrogen) atoms. The topological polar surface area (TPSA) is 71.1 Å². The Hall–Kier alpha value is -1.96. The van der Waals surface area contributed by atoms with Crippen LogP contribution in [0.3, 0.4) is 0 Å². The molecule has 0 bridgehead atoms. The number of ether oxygens (including phenoxy) is 2. The Bertz CT molecular complexity index is 622. The summed E-state index contributed by atoms with van der Waals surface area (Å²) in [6.07, 6.45) is 0.807. The fraction of sp³-hybridized carbons (Fsp3) is 0.579. The maximum Gasteiger partial charge on any atom is 0.234 e. The number of benzene rings is 1. The molecule has 1 unspecified atom stereocenters. The van der Waals surface area contributed by atoms with E-state index in [0.29, 0.717) is 12.8 Å². The standard InChI is InChI=1S/C19H27N3O4/c1-25-18(26-2)13-21-9-11-22(12-10-21)15-5-3-14(4-6-15)16-7-8-17(23)20-19(16)24/h3-6,16,18H,7-13H2,1-2H3,(H,20,23,24). The van der Waals surface area contributed by atoms with Gasteiger partial charge in [-0.25, -0.2) is 0 Å². The molecule has 0 aliphatic carbocycles. The van der Waals surface area contributed by atoms with Crippen LogP contribution < -0.4 is 10.2 Å². The van der Waals surface area contributed by atoms with Gasteiger partial charge in [-0.15, -0.1) is 0 Å². The second kappa shape index (κ2) is 8.62. The minimum atomic E-state index is -0.224. The molecule has 1 aromatic carbocycles. The number of hydrogen-bond acceptors (Lipinski definition) is 6. The first-order chi connectivity index (χ1) is 12.6. The van der Waals surface area contributed by atoms with E-state index in [0.717, 1.165) is 44.0 Å². The highest BCUT2D eigenvalue weighted by molar-refractivity contribution is 6.00. The largest absolute Gasteiger partial charge is 0.369 e. The first kappa shape index (κ1) is 18.8. The van der Waals surface area contributed by atoms with Crippen molar-refractivity contribution >= 4 is 17.5 Å². The summed E-state index contributed by atoms with van der Waals surface area (Å²) in [6.45, 7) is 4.57. The molecule has 7 heteroatoms. The SMILES string of the molecule is COC(CN1CCN(c2ccc(C3CCC(=O)NC3=O)cc2)CC1)OC. The van der Waals surface area contributed by atoms with Crippen molar-refractivity contribution in [3.05, 3.63) is 29.8 Å². The molecule has 1 aromatic rings. The first-order valence-electron chi connectivity index (χ1n) is 9.07. The Morgan fingerprint density at radius 3 is 2.31 bits per heavy atom. The lowest BCUT2D eigenvalue weighted by atomic mass is 9.90. The fourth-order valence-electron chi connectivity index (χ4n) is 3.57. The van der Waals surface area contributed by atoms with Crippen LogP contribution in [0, 0.1) is 0 Å². The van der Waals surface area contributed by atoms with E-state index >= 15 is 0 Å². The van der Waals surface area contributed by atoms with Crippen LogP contribution in [-0.4, -0.2) is 69.9 Å². The molecule has 142 valence electrons. The number of carbonyl (C=O) groups excluding carboxylic acids is 2. The number of imide groups is 1. The molecule has 3 rings (SSSR count). The third-order valence-corrected chi connectivity index (χ3v) is 5.21. The van der Waals surface area contributed by atoms with Crippen LogP contribution in [0.5, 0.6) is 0 Å². The van der Waals surface area contributed by atoms with Crippen molar-refractivity contribution < 1.29 is 19.1 Å². The molecule has 2 amide bonds. The van der Waals surface area contributed by atoms with Crippen LogP contribution in [0.2, 0.25) is 0 Å². The first-order valence-corrected chi connectivity index (χ1v) is 9.07. The smallest absolute Gasteiger partial charge is 0.234 e. The van der Waals surface area contributed by atoms with Crippen LogP contribution in [0.15, 0.2) is 24.3 Å². The predicted octanol–water partition coefficient (Wildman–Crippen LogP) is 0.948. The normalized spacial score (nSPS) is 22.0. The number of hydrogen-bond donors (Lipinski definition) is 1. The van der Waals surface area contributed by atoms with Crippen molar-refractivity contribution in [3.8, 4) is 0 Å². The summed E-state index contributed by atoms with van der Waals surface area (Å²) in [5.74, 6) is -0.586. The molecule has 2 saturated heterocycles. The van der Waals surface area contributed by atoms with E-state index in [1.165, 1.54) is 0 Å². The van der Waals surface area contributed by atoms with E-state index in [1.807, 2.05) is 12.1 Å². The van der Waals surface area contributed by atoms with Gasteiger partial charge in [-0.05, 0) is 24.1 Å². The molecule has 2 heterocycles. The molecular formula is C19H27N3O4. The van der Waals surface area contributed by atoms with Crippen molar-refractivity contribution in [3.63, 3.8) is 0 Å². The minimum Gasteiger partial charge on any atom is -0.369 e. The van der Waals surface area contributed by atoms with Gasteiger partial charge in [-0.2, -0.15) is 0 Å². The van der Waals surface area contributed by atoms with Crippen LogP contribution in [-0.2, 0) is 19.1 Å². The summed E-state index contributed by atoms with van der Waals surface area (Å²) in [7, 11) is 3.32. The Morgan fingerprint density at radius 1 is 1.08 bits per heavy atom. The Kier molecular flexibility index (Phi) is 6.24. The molecule has 0 aromatic heterocycles. The summed E-state index contributed by atoms with van der Waals surface area (Å²) in [4.78, 5) is 28.0. The van der Waals surface area contributed by atoms with Crippen LogP contribution in [0.4, 0.5) is 5.69 Å². The molecule has 2 aliphatic heterocycles. The van der Waals surface area contributed by atoms with Crippen molar-refractivity contribution in [2.24, 2.45) is 0 Å². The fourth-order valence-corrected chi connectivity index (χ4v) is 3.57. The number of nitrogens with one attached hydrogen (secondary N) is 1. The summed E-state index contributed by atoms with van der Waals surface area (Å²) in [6, 6.07) is 8.16. The van der Waals surface area contributed by atoms with E-state index in [4.69, 9.17) is 9.47 Å². The average molecular weight is 361 g/mol. The number of rotatable bonds is 6. The minimum absolute atomic E-state index is 0.176. The van der Waals surface area contributed by atoms with Gasteiger partial charge in [0.2, 0.25) is 11.8 Å². The number of piperidine rings is 1. The van der Waals surface area contributed by atoms with Crippen molar-refractivity contribution in [2.75, 3.05) is 51.8 Å². The second-order valence-corrected chi connectivity index (χ2v) is 6.78. The van der Waals surface area contributed by atoms with E-state index in [9.17, 15) is 9.59 Å². The quantitative estimate of drug-likeness (QED) is 0.601. The Labute approximate surface area is 154 Å². The van der Waals surface area contributed by atoms with Gasteiger partial charge in [0.05, 0.1) is 5.92 Å². The van der Waals surface area contributed by atoms with E-state index < -0.39 is 0 Å². The van der Waals surface area contributed by atoms with Gasteiger partial charge < -0.3 is 14.4 Å². The van der Waals surface area contributed by atoms with Gasteiger partial charge in [0, 0.05) is 59.1 Å². The summed E-state index contributed by atoms with van der Waals surface area (Å²) in [5.41, 5.74) is 2.14. The van der Waals surface area contributed by atoms with E-state index in [1.54, 1.807) is 14.2 Å². The van der Waals surface area contributed by atoms with E-state index in [2.05, 4.69) is 27.2 Å². The number of piperazine rings is 1. The average Bonchev–Trinajstić information content (AvgIpc) is 2.67. The van der Waals surface area contributed by atoms with Crippen LogP contribution in [0.1, 0.15) is 24.3 Å². The molecule has 0 saturated carbocycles. The number of carbonyl (C=O) groups is 2. The van der Waals surface area contributed by atoms with Gasteiger partial charge in [0.1, 0.15) is 0 Å². The van der Waals surface area contributed by atoms with Gasteiger partial charge >= 0.3 is 0 Å². The van der Waals surface area contributed by atoms with Crippen LogP contribution >= 0.6 is 0 Å². The van der Waals surface area contributed by atoms with Crippen molar-refractivity contribution in [1.29, 1.82) is 0 Å². The van der Waals surface area contributed by atoms with Crippen molar-refractivity contribution in [2.45, 2.75) is 25.0 Å². The van der Waals surface area contributed by atoms with Gasteiger partial charge in [-0.3, -0.25) is 19.8 Å². The Morgan fingerprint density at radius 2 is 1.73 bits per heavy atom. The Balaban J connectivity index is 1.55. The molecular weight excluding hydrogens is 334 g/mol. The summed E-state index contributed by atoms with van der Waals surface area (Å²) >= 11 is 0. The molecule has 0 spiro atoms. The zero-order chi connectivity index (χ0) is 18.5. The third kappa shape index (κ3) is 4.41. The molecule has 7 nitrogen and oxygen atoms in total. The number of methoxy groups -OCH3 is 2. The number of amides is 2. The predicted molar refractivity (Wildman–Crippen MR) is 98.0 cm³/mol. The molecule has 0 radical (unpaired) electrons. The highest BCUT2D eigenvalue weighted by Gasteiger charge is 2.28. The maximum atomic E-state index is 12.0. The number of nitrogens with zero attached hydrogens (tertiary/aromatic N) is 2. The highest BCUT2D eigenvalue weighted by atomic mass is 16.7. The zero-order valence-corrected chi connectivity index (χ0v) is 15.4. The second-order valence-electron chi connectivity index (χ2n) is 6.78. The third-order valence-electron chi connectivity index (χ3n) is 5.21. The molecule has 2 aliphatic rings. The molecule has 2 fully saturated rings. The van der Waals surface area contributed by atoms with E-state index in [-0.39, 0.29) is 24.0 Å². The van der Waals surface area contributed by atoms with Gasteiger partial charge in [0.25, 0.3) is 0 Å². The van der Waals surface area contributed by atoms with Gasteiger partial charge in [-0.1, -0.05) is 12.1 Å². The lowest BCUT2D eigenvalue weighted by Gasteiger charge is -2.37. The zero-order valence-electron chi connectivity index (χ0n) is 15.4. The van der Waals surface area contributed by atoms with Crippen molar-refractivity contribution in [1.82, 2.24) is 10.2 Å². The molecule has 1 atom stereocenters. The number of anilines is 1. The lowest BCUT2D eigenvalue weighted by Crippen LogP contribution is -2.49. The highest BCUT2D eigenvalue weighted by Crippen LogP contribution is 2.27. The summed E-state index contributed by atoms with van der Waals surface area (Å²) in [5, 5.41) is 2.42.